The molecule has 1 saturated heterocycles. The molecule has 3 rings (SSSR count). The molecule has 0 unspecified atom stereocenters. The van der Waals surface area contributed by atoms with Crippen LogP contribution in [0.1, 0.15) is 40.0 Å². The van der Waals surface area contributed by atoms with Crippen molar-refractivity contribution in [3.05, 3.63) is 28.7 Å². The molecule has 2 heterocycles. The molecular formula is C20H28N4O4. The third kappa shape index (κ3) is 4.94. The van der Waals surface area contributed by atoms with Crippen LogP contribution in [0, 0.1) is 5.92 Å². The number of benzene rings is 1. The molecule has 28 heavy (non-hydrogen) atoms. The molecule has 0 saturated carbocycles. The lowest BCUT2D eigenvalue weighted by atomic mass is 9.94. The summed E-state index contributed by atoms with van der Waals surface area (Å²) < 4.78 is 11.4. The average molecular weight is 388 g/mol. The Kier molecular flexibility index (Phi) is 5.76. The van der Waals surface area contributed by atoms with Crippen LogP contribution in [-0.4, -0.2) is 46.3 Å². The third-order valence-electron chi connectivity index (χ3n) is 4.80. The van der Waals surface area contributed by atoms with Crippen LogP contribution in [0.4, 0.5) is 10.6 Å². The number of nitrogens with one attached hydrogen (secondary N) is 1. The number of likely N-dealkylation sites (tertiary alicyclic amines) is 1. The highest BCUT2D eigenvalue weighted by Crippen LogP contribution is 2.28. The lowest BCUT2D eigenvalue weighted by Gasteiger charge is -2.33. The van der Waals surface area contributed by atoms with E-state index in [0.29, 0.717) is 42.3 Å². The molecular weight excluding hydrogens is 360 g/mol. The largest absolute Gasteiger partial charge is 0.493 e. The normalized spacial score (nSPS) is 15.6. The third-order valence-corrected chi connectivity index (χ3v) is 4.80. The van der Waals surface area contributed by atoms with Crippen molar-refractivity contribution >= 4 is 22.8 Å². The fourth-order valence-corrected chi connectivity index (χ4v) is 3.39. The fourth-order valence-electron chi connectivity index (χ4n) is 3.39. The molecule has 0 aliphatic carbocycles. The second kappa shape index (κ2) is 8.08. The van der Waals surface area contributed by atoms with E-state index in [0.717, 1.165) is 19.3 Å². The number of ether oxygens (including phenoxy) is 2. The van der Waals surface area contributed by atoms with E-state index in [4.69, 9.17) is 15.2 Å². The van der Waals surface area contributed by atoms with E-state index >= 15 is 0 Å². The quantitative estimate of drug-likeness (QED) is 0.833. The van der Waals surface area contributed by atoms with Gasteiger partial charge in [0.25, 0.3) is 0 Å². The number of H-pyrrole nitrogens is 1. The lowest BCUT2D eigenvalue weighted by Crippen LogP contribution is -2.41. The van der Waals surface area contributed by atoms with Gasteiger partial charge in [-0.05, 0) is 58.1 Å². The standard InChI is InChI=1S/C20H28N4O4/c1-20(2,3)28-19(26)24-10-7-13(8-11-24)9-12-27-15-6-4-5-14-16(15)17(21)23-18(25)22-14/h4-6,13H,7-12H2,1-3H3,(H3,21,22,23,25). The molecule has 152 valence electrons. The summed E-state index contributed by atoms with van der Waals surface area (Å²) in [5.41, 5.74) is 5.57. The summed E-state index contributed by atoms with van der Waals surface area (Å²) in [5, 5.41) is 0.627. The number of carbonyl (C=O) groups is 1. The first kappa shape index (κ1) is 20.0. The van der Waals surface area contributed by atoms with Crippen LogP contribution >= 0.6 is 0 Å². The Labute approximate surface area is 164 Å². The Morgan fingerprint density at radius 3 is 2.71 bits per heavy atom. The van der Waals surface area contributed by atoms with Crippen molar-refractivity contribution in [2.45, 2.75) is 45.6 Å². The molecule has 8 heteroatoms. The summed E-state index contributed by atoms with van der Waals surface area (Å²) in [7, 11) is 0. The van der Waals surface area contributed by atoms with Crippen molar-refractivity contribution in [1.29, 1.82) is 0 Å². The molecule has 2 aromatic rings. The van der Waals surface area contributed by atoms with Crippen LogP contribution in [0.5, 0.6) is 5.75 Å². The maximum atomic E-state index is 12.1. The summed E-state index contributed by atoms with van der Waals surface area (Å²) in [5.74, 6) is 1.27. The first-order valence-electron chi connectivity index (χ1n) is 9.62. The number of anilines is 1. The molecule has 0 spiro atoms. The molecule has 1 aromatic carbocycles. The van der Waals surface area contributed by atoms with Gasteiger partial charge in [-0.25, -0.2) is 9.59 Å². The zero-order valence-electron chi connectivity index (χ0n) is 16.7. The van der Waals surface area contributed by atoms with Crippen LogP contribution < -0.4 is 16.2 Å². The summed E-state index contributed by atoms with van der Waals surface area (Å²) in [6.45, 7) is 7.56. The van der Waals surface area contributed by atoms with Gasteiger partial charge >= 0.3 is 11.8 Å². The number of aromatic nitrogens is 2. The number of rotatable bonds is 4. The number of piperidine rings is 1. The van der Waals surface area contributed by atoms with Gasteiger partial charge in [0.1, 0.15) is 17.2 Å². The van der Waals surface area contributed by atoms with Gasteiger partial charge < -0.3 is 25.1 Å². The number of carbonyl (C=O) groups excluding carboxylic acids is 1. The highest BCUT2D eigenvalue weighted by atomic mass is 16.6. The van der Waals surface area contributed by atoms with Crippen LogP contribution in [0.25, 0.3) is 10.9 Å². The molecule has 1 aliphatic heterocycles. The highest BCUT2D eigenvalue weighted by molar-refractivity contribution is 5.93. The van der Waals surface area contributed by atoms with Gasteiger partial charge in [0.05, 0.1) is 17.5 Å². The van der Waals surface area contributed by atoms with Gasteiger partial charge in [-0.2, -0.15) is 4.98 Å². The van der Waals surface area contributed by atoms with E-state index < -0.39 is 11.3 Å². The summed E-state index contributed by atoms with van der Waals surface area (Å²) in [6, 6.07) is 5.41. The highest BCUT2D eigenvalue weighted by Gasteiger charge is 2.26. The monoisotopic (exact) mass is 388 g/mol. The minimum Gasteiger partial charge on any atom is -0.493 e. The Bertz CT molecular complexity index is 895. The van der Waals surface area contributed by atoms with E-state index in [1.54, 1.807) is 11.0 Å². The van der Waals surface area contributed by atoms with E-state index in [1.165, 1.54) is 0 Å². The van der Waals surface area contributed by atoms with Crippen LogP contribution in [-0.2, 0) is 4.74 Å². The SMILES string of the molecule is CC(C)(C)OC(=O)N1CCC(CCOc2cccc3[nH]c(=O)nc(N)c23)CC1. The summed E-state index contributed by atoms with van der Waals surface area (Å²) >= 11 is 0. The fraction of sp³-hybridized carbons (Fsp3) is 0.550. The lowest BCUT2D eigenvalue weighted by molar-refractivity contribution is 0.0177. The molecule has 1 amide bonds. The van der Waals surface area contributed by atoms with E-state index in [2.05, 4.69) is 9.97 Å². The number of hydrogen-bond acceptors (Lipinski definition) is 6. The van der Waals surface area contributed by atoms with Gasteiger partial charge in [0.2, 0.25) is 0 Å². The molecule has 8 nitrogen and oxygen atoms in total. The molecule has 1 aliphatic rings. The average Bonchev–Trinajstić information content (AvgIpc) is 2.60. The number of nitrogen functional groups attached to an aromatic ring is 1. The summed E-state index contributed by atoms with van der Waals surface area (Å²) in [6.07, 6.45) is 2.49. The first-order chi connectivity index (χ1) is 13.2. The second-order valence-corrected chi connectivity index (χ2v) is 8.15. The number of amides is 1. The second-order valence-electron chi connectivity index (χ2n) is 8.15. The minimum atomic E-state index is -0.473. The van der Waals surface area contributed by atoms with Crippen molar-refractivity contribution < 1.29 is 14.3 Å². The number of fused-ring (bicyclic) bond motifs is 1. The number of aromatic amines is 1. The van der Waals surface area contributed by atoms with Gasteiger partial charge in [-0.1, -0.05) is 6.07 Å². The van der Waals surface area contributed by atoms with Crippen LogP contribution in [0.2, 0.25) is 0 Å². The topological polar surface area (TPSA) is 111 Å². The van der Waals surface area contributed by atoms with Gasteiger partial charge in [-0.3, -0.25) is 0 Å². The maximum absolute atomic E-state index is 12.1. The molecule has 1 fully saturated rings. The van der Waals surface area contributed by atoms with Crippen molar-refractivity contribution in [1.82, 2.24) is 14.9 Å². The zero-order chi connectivity index (χ0) is 20.3. The van der Waals surface area contributed by atoms with E-state index in [-0.39, 0.29) is 11.9 Å². The van der Waals surface area contributed by atoms with Crippen LogP contribution in [0.3, 0.4) is 0 Å². The smallest absolute Gasteiger partial charge is 0.410 e. The number of nitrogens with two attached hydrogens (primary N) is 1. The molecule has 0 radical (unpaired) electrons. The molecule has 1 aromatic heterocycles. The van der Waals surface area contributed by atoms with Gasteiger partial charge in [0.15, 0.2) is 0 Å². The minimum absolute atomic E-state index is 0.167. The van der Waals surface area contributed by atoms with Gasteiger partial charge in [0, 0.05) is 13.1 Å². The number of hydrogen-bond donors (Lipinski definition) is 2. The first-order valence-corrected chi connectivity index (χ1v) is 9.62. The van der Waals surface area contributed by atoms with Gasteiger partial charge in [-0.15, -0.1) is 0 Å². The zero-order valence-corrected chi connectivity index (χ0v) is 16.7. The maximum Gasteiger partial charge on any atom is 0.410 e. The van der Waals surface area contributed by atoms with Crippen LogP contribution in [0.15, 0.2) is 23.0 Å². The Morgan fingerprint density at radius 1 is 1.32 bits per heavy atom. The molecule has 0 atom stereocenters. The molecule has 0 bridgehead atoms. The van der Waals surface area contributed by atoms with E-state index in [1.807, 2.05) is 32.9 Å². The van der Waals surface area contributed by atoms with Crippen molar-refractivity contribution in [2.24, 2.45) is 5.92 Å². The Balaban J connectivity index is 1.51. The predicted molar refractivity (Wildman–Crippen MR) is 107 cm³/mol. The predicted octanol–water partition coefficient (Wildman–Crippen LogP) is 2.92. The van der Waals surface area contributed by atoms with E-state index in [9.17, 15) is 9.59 Å². The van der Waals surface area contributed by atoms with Crippen molar-refractivity contribution in [2.75, 3.05) is 25.4 Å². The number of nitrogens with zero attached hydrogens (tertiary/aromatic N) is 2. The Hall–Kier alpha value is -2.77. The summed E-state index contributed by atoms with van der Waals surface area (Å²) in [4.78, 5) is 31.8. The Morgan fingerprint density at radius 2 is 2.04 bits per heavy atom. The molecule has 3 N–H and O–H groups in total. The van der Waals surface area contributed by atoms with Crippen molar-refractivity contribution in [3.63, 3.8) is 0 Å². The van der Waals surface area contributed by atoms with Crippen molar-refractivity contribution in [3.8, 4) is 5.75 Å².